The Morgan fingerprint density at radius 1 is 1.18 bits per heavy atom. The number of rotatable bonds is 7. The fourth-order valence-electron chi connectivity index (χ4n) is 3.86. The van der Waals surface area contributed by atoms with Gasteiger partial charge >= 0.3 is 0 Å². The molecule has 0 amide bonds. The Morgan fingerprint density at radius 2 is 2.03 bits per heavy atom. The first-order valence-electron chi connectivity index (χ1n) is 10.9. The van der Waals surface area contributed by atoms with Crippen LogP contribution in [0.5, 0.6) is 0 Å². The van der Waals surface area contributed by atoms with Crippen molar-refractivity contribution in [1.82, 2.24) is 29.9 Å². The van der Waals surface area contributed by atoms with E-state index in [-0.39, 0.29) is 12.6 Å². The van der Waals surface area contributed by atoms with E-state index in [0.717, 1.165) is 36.4 Å². The Kier molecular flexibility index (Phi) is 5.86. The highest BCUT2D eigenvalue weighted by Crippen LogP contribution is 2.29. The van der Waals surface area contributed by atoms with Gasteiger partial charge in [-0.1, -0.05) is 13.0 Å². The van der Waals surface area contributed by atoms with Gasteiger partial charge in [0.25, 0.3) is 0 Å². The van der Waals surface area contributed by atoms with Crippen LogP contribution < -0.4 is 10.6 Å². The summed E-state index contributed by atoms with van der Waals surface area (Å²) in [6.45, 7) is 3.48. The number of hydrogen-bond acceptors (Lipinski definition) is 7. The molecule has 1 saturated heterocycles. The maximum atomic E-state index is 14.1. The molecule has 1 aromatic carbocycles. The number of aryl methyl sites for hydroxylation is 1. The van der Waals surface area contributed by atoms with Crippen LogP contribution in [-0.4, -0.2) is 43.2 Å². The molecule has 11 heteroatoms. The van der Waals surface area contributed by atoms with Gasteiger partial charge in [-0.3, -0.25) is 5.10 Å². The normalized spacial score (nSPS) is 14.6. The third-order valence-corrected chi connectivity index (χ3v) is 5.70. The van der Waals surface area contributed by atoms with Crippen molar-refractivity contribution in [1.29, 1.82) is 0 Å². The summed E-state index contributed by atoms with van der Waals surface area (Å²) in [5.74, 6) is 0.216. The van der Waals surface area contributed by atoms with E-state index in [4.69, 9.17) is 4.74 Å². The summed E-state index contributed by atoms with van der Waals surface area (Å²) in [5.41, 5.74) is 1.96. The molecule has 1 aliphatic rings. The number of nitrogens with zero attached hydrogens (tertiary/aromatic N) is 5. The number of ether oxygens (including phenoxy) is 1. The van der Waals surface area contributed by atoms with Gasteiger partial charge in [0.1, 0.15) is 17.5 Å². The standard InChI is InChI=1S/C22H24F2N8O/c1-2-15-10-19(31-30-15)27-20-17-12-26-32(16-5-7-33-8-6-16)21(17)29-22(28-20)25-11-13-3-4-14(23)9-18(13)24/h3-4,9-10,12,16H,2,5-8,11H2,1H3,(H3,25,27,28,29,30,31). The van der Waals surface area contributed by atoms with Crippen LogP contribution in [0.3, 0.4) is 0 Å². The van der Waals surface area contributed by atoms with Crippen molar-refractivity contribution in [3.8, 4) is 0 Å². The first-order valence-corrected chi connectivity index (χ1v) is 10.9. The van der Waals surface area contributed by atoms with Crippen molar-refractivity contribution in [2.24, 2.45) is 0 Å². The quantitative estimate of drug-likeness (QED) is 0.386. The van der Waals surface area contributed by atoms with E-state index in [0.29, 0.717) is 42.0 Å². The minimum atomic E-state index is -0.627. The van der Waals surface area contributed by atoms with E-state index in [1.165, 1.54) is 12.1 Å². The third kappa shape index (κ3) is 4.49. The molecule has 4 aromatic rings. The molecule has 0 spiro atoms. The van der Waals surface area contributed by atoms with Crippen LogP contribution in [-0.2, 0) is 17.7 Å². The average molecular weight is 454 g/mol. The fraction of sp³-hybridized carbons (Fsp3) is 0.364. The first kappa shape index (κ1) is 21.3. The molecule has 0 aliphatic carbocycles. The molecule has 3 N–H and O–H groups in total. The molecular formula is C22H24F2N8O. The Morgan fingerprint density at radius 3 is 2.79 bits per heavy atom. The molecule has 0 atom stereocenters. The van der Waals surface area contributed by atoms with Gasteiger partial charge in [0.2, 0.25) is 5.95 Å². The lowest BCUT2D eigenvalue weighted by Gasteiger charge is -2.22. The number of H-pyrrole nitrogens is 1. The first-order chi connectivity index (χ1) is 16.1. The van der Waals surface area contributed by atoms with Gasteiger partial charge in [-0.25, -0.2) is 13.5 Å². The molecule has 9 nitrogen and oxygen atoms in total. The maximum Gasteiger partial charge on any atom is 0.227 e. The molecule has 33 heavy (non-hydrogen) atoms. The Bertz CT molecular complexity index is 1260. The number of nitrogens with one attached hydrogen (secondary N) is 3. The smallest absolute Gasteiger partial charge is 0.227 e. The van der Waals surface area contributed by atoms with Crippen LogP contribution in [0.25, 0.3) is 11.0 Å². The molecular weight excluding hydrogens is 430 g/mol. The predicted molar refractivity (Wildman–Crippen MR) is 119 cm³/mol. The number of hydrogen-bond donors (Lipinski definition) is 3. The molecule has 3 aromatic heterocycles. The molecule has 4 heterocycles. The van der Waals surface area contributed by atoms with Crippen LogP contribution >= 0.6 is 0 Å². The van der Waals surface area contributed by atoms with Crippen molar-refractivity contribution in [2.75, 3.05) is 23.8 Å². The zero-order chi connectivity index (χ0) is 22.8. The van der Waals surface area contributed by atoms with Crippen LogP contribution in [0.15, 0.2) is 30.5 Å². The van der Waals surface area contributed by atoms with Gasteiger partial charge in [0.05, 0.1) is 17.6 Å². The average Bonchev–Trinajstić information content (AvgIpc) is 3.46. The SMILES string of the molecule is CCc1cc(Nc2nc(NCc3ccc(F)cc3F)nc3c2cnn3C2CCOCC2)n[nH]1. The monoisotopic (exact) mass is 454 g/mol. The summed E-state index contributed by atoms with van der Waals surface area (Å²) < 4.78 is 34.7. The van der Waals surface area contributed by atoms with Crippen LogP contribution in [0, 0.1) is 11.6 Å². The summed E-state index contributed by atoms with van der Waals surface area (Å²) in [5, 5.41) is 18.9. The minimum absolute atomic E-state index is 0.102. The largest absolute Gasteiger partial charge is 0.381 e. The summed E-state index contributed by atoms with van der Waals surface area (Å²) in [6, 6.07) is 5.56. The molecule has 1 aliphatic heterocycles. The van der Waals surface area contributed by atoms with E-state index < -0.39 is 11.6 Å². The topological polar surface area (TPSA) is 106 Å². The number of halogens is 2. The molecule has 0 saturated carbocycles. The number of aromatic nitrogens is 6. The lowest BCUT2D eigenvalue weighted by Crippen LogP contribution is -2.21. The Labute approximate surface area is 188 Å². The fourth-order valence-corrected chi connectivity index (χ4v) is 3.86. The van der Waals surface area contributed by atoms with E-state index in [1.54, 1.807) is 6.20 Å². The second kappa shape index (κ2) is 9.10. The van der Waals surface area contributed by atoms with Gasteiger partial charge < -0.3 is 15.4 Å². The summed E-state index contributed by atoms with van der Waals surface area (Å²) in [7, 11) is 0. The highest BCUT2D eigenvalue weighted by molar-refractivity contribution is 5.89. The Balaban J connectivity index is 1.50. The zero-order valence-corrected chi connectivity index (χ0v) is 18.1. The second-order valence-corrected chi connectivity index (χ2v) is 7.91. The minimum Gasteiger partial charge on any atom is -0.381 e. The van der Waals surface area contributed by atoms with Gasteiger partial charge in [0.15, 0.2) is 11.5 Å². The number of aromatic amines is 1. The van der Waals surface area contributed by atoms with Crippen molar-refractivity contribution in [3.63, 3.8) is 0 Å². The van der Waals surface area contributed by atoms with E-state index in [9.17, 15) is 8.78 Å². The number of benzene rings is 1. The lowest BCUT2D eigenvalue weighted by atomic mass is 10.1. The molecule has 0 unspecified atom stereocenters. The summed E-state index contributed by atoms with van der Waals surface area (Å²) >= 11 is 0. The van der Waals surface area contributed by atoms with Gasteiger partial charge in [0, 0.05) is 43.1 Å². The summed E-state index contributed by atoms with van der Waals surface area (Å²) in [6.07, 6.45) is 4.24. The van der Waals surface area contributed by atoms with Crippen LogP contribution in [0.4, 0.5) is 26.4 Å². The van der Waals surface area contributed by atoms with Gasteiger partial charge in [-0.15, -0.1) is 0 Å². The van der Waals surface area contributed by atoms with Gasteiger partial charge in [-0.2, -0.15) is 20.2 Å². The molecule has 1 fully saturated rings. The van der Waals surface area contributed by atoms with Crippen molar-refractivity contribution >= 4 is 28.6 Å². The molecule has 0 bridgehead atoms. The Hall–Kier alpha value is -3.60. The summed E-state index contributed by atoms with van der Waals surface area (Å²) in [4.78, 5) is 9.26. The third-order valence-electron chi connectivity index (χ3n) is 5.70. The van der Waals surface area contributed by atoms with E-state index in [1.807, 2.05) is 17.7 Å². The van der Waals surface area contributed by atoms with Crippen LogP contribution in [0.1, 0.15) is 37.1 Å². The maximum absolute atomic E-state index is 14.1. The highest BCUT2D eigenvalue weighted by atomic mass is 19.1. The van der Waals surface area contributed by atoms with Crippen LogP contribution in [0.2, 0.25) is 0 Å². The van der Waals surface area contributed by atoms with Crippen molar-refractivity contribution in [2.45, 2.75) is 38.8 Å². The molecule has 5 rings (SSSR count). The number of fused-ring (bicyclic) bond motifs is 1. The number of anilines is 3. The van der Waals surface area contributed by atoms with Gasteiger partial charge in [-0.05, 0) is 25.3 Å². The zero-order valence-electron chi connectivity index (χ0n) is 18.1. The molecule has 172 valence electrons. The predicted octanol–water partition coefficient (Wildman–Crippen LogP) is 4.10. The molecule has 0 radical (unpaired) electrons. The second-order valence-electron chi connectivity index (χ2n) is 7.91. The van der Waals surface area contributed by atoms with E-state index >= 15 is 0 Å². The van der Waals surface area contributed by atoms with E-state index in [2.05, 4.69) is 35.9 Å². The highest BCUT2D eigenvalue weighted by Gasteiger charge is 2.22. The lowest BCUT2D eigenvalue weighted by molar-refractivity contribution is 0.0673. The van der Waals surface area contributed by atoms with Crippen molar-refractivity contribution in [3.05, 3.63) is 53.4 Å². The van der Waals surface area contributed by atoms with Crippen molar-refractivity contribution < 1.29 is 13.5 Å².